The molecule has 0 aromatic heterocycles. The Morgan fingerprint density at radius 1 is 1.20 bits per heavy atom. The maximum atomic E-state index is 13.5. The maximum absolute atomic E-state index is 13.5. The molecule has 0 aliphatic heterocycles. The van der Waals surface area contributed by atoms with E-state index >= 15 is 0 Å². The van der Waals surface area contributed by atoms with Crippen LogP contribution in [0.15, 0.2) is 34.8 Å². The van der Waals surface area contributed by atoms with Crippen molar-refractivity contribution >= 4 is 44.8 Å². The summed E-state index contributed by atoms with van der Waals surface area (Å²) >= 11 is 8.99. The molecule has 0 heterocycles. The van der Waals surface area contributed by atoms with E-state index in [9.17, 15) is 13.6 Å². The van der Waals surface area contributed by atoms with Gasteiger partial charge < -0.3 is 11.1 Å². The number of carbonyl (C=O) groups excluding carboxylic acids is 1. The highest BCUT2D eigenvalue weighted by molar-refractivity contribution is 9.10. The Kier molecular flexibility index (Phi) is 4.25. The minimum atomic E-state index is -0.914. The normalized spacial score (nSPS) is 10.4. The molecule has 104 valence electrons. The van der Waals surface area contributed by atoms with Gasteiger partial charge in [-0.2, -0.15) is 0 Å². The van der Waals surface area contributed by atoms with E-state index in [1.807, 2.05) is 0 Å². The molecule has 7 heteroatoms. The standard InChI is InChI=1S/C13H8BrClF2N2O/c14-8-2-1-6(15)3-7(8)13(20)19-12-5-11(18)9(16)4-10(12)17/h1-5H,18H2,(H,19,20). The van der Waals surface area contributed by atoms with Gasteiger partial charge in [0.25, 0.3) is 5.91 Å². The monoisotopic (exact) mass is 360 g/mol. The Hall–Kier alpha value is -1.66. The van der Waals surface area contributed by atoms with Crippen LogP contribution >= 0.6 is 27.5 Å². The summed E-state index contributed by atoms with van der Waals surface area (Å²) in [7, 11) is 0. The average molecular weight is 362 g/mol. The van der Waals surface area contributed by atoms with Gasteiger partial charge in [0.2, 0.25) is 0 Å². The molecule has 0 aliphatic carbocycles. The van der Waals surface area contributed by atoms with Crippen LogP contribution in [-0.4, -0.2) is 5.91 Å². The quantitative estimate of drug-likeness (QED) is 0.787. The minimum absolute atomic E-state index is 0.208. The Morgan fingerprint density at radius 2 is 1.90 bits per heavy atom. The largest absolute Gasteiger partial charge is 0.396 e. The highest BCUT2D eigenvalue weighted by Crippen LogP contribution is 2.25. The Morgan fingerprint density at radius 3 is 2.60 bits per heavy atom. The van der Waals surface area contributed by atoms with Crippen molar-refractivity contribution in [2.45, 2.75) is 0 Å². The van der Waals surface area contributed by atoms with Gasteiger partial charge in [0.05, 0.1) is 16.9 Å². The summed E-state index contributed by atoms with van der Waals surface area (Å²) in [6.45, 7) is 0. The molecule has 0 saturated heterocycles. The van der Waals surface area contributed by atoms with E-state index in [4.69, 9.17) is 17.3 Å². The third kappa shape index (κ3) is 3.08. The first kappa shape index (κ1) is 14.7. The minimum Gasteiger partial charge on any atom is -0.396 e. The summed E-state index contributed by atoms with van der Waals surface area (Å²) in [6, 6.07) is 6.23. The lowest BCUT2D eigenvalue weighted by atomic mass is 10.2. The SMILES string of the molecule is Nc1cc(NC(=O)c2cc(Cl)ccc2Br)c(F)cc1F. The number of hydrogen-bond donors (Lipinski definition) is 2. The maximum Gasteiger partial charge on any atom is 0.256 e. The molecule has 2 aromatic rings. The molecule has 0 bridgehead atoms. The summed E-state index contributed by atoms with van der Waals surface area (Å²) in [5.41, 5.74) is 5.09. The molecule has 0 spiro atoms. The average Bonchev–Trinajstić information content (AvgIpc) is 2.38. The van der Waals surface area contributed by atoms with Crippen LogP contribution in [-0.2, 0) is 0 Å². The van der Waals surface area contributed by atoms with E-state index in [1.165, 1.54) is 6.07 Å². The van der Waals surface area contributed by atoms with Crippen LogP contribution in [0.5, 0.6) is 0 Å². The topological polar surface area (TPSA) is 55.1 Å². The smallest absolute Gasteiger partial charge is 0.256 e. The summed E-state index contributed by atoms with van der Waals surface area (Å²) in [5.74, 6) is -2.39. The molecule has 2 aromatic carbocycles. The van der Waals surface area contributed by atoms with Crippen LogP contribution in [0.2, 0.25) is 5.02 Å². The van der Waals surface area contributed by atoms with Crippen LogP contribution in [0, 0.1) is 11.6 Å². The summed E-state index contributed by atoms with van der Waals surface area (Å²) in [5, 5.41) is 2.67. The van der Waals surface area contributed by atoms with Gasteiger partial charge in [-0.3, -0.25) is 4.79 Å². The molecule has 1 amide bonds. The molecule has 0 aliphatic rings. The van der Waals surface area contributed by atoms with Crippen LogP contribution in [0.25, 0.3) is 0 Å². The van der Waals surface area contributed by atoms with Gasteiger partial charge in [0, 0.05) is 15.6 Å². The Labute approximate surface area is 126 Å². The number of nitrogen functional groups attached to an aromatic ring is 1. The van der Waals surface area contributed by atoms with Gasteiger partial charge in [0.1, 0.15) is 11.6 Å². The summed E-state index contributed by atoms with van der Waals surface area (Å²) in [4.78, 5) is 12.0. The van der Waals surface area contributed by atoms with E-state index in [-0.39, 0.29) is 16.9 Å². The first-order valence-electron chi connectivity index (χ1n) is 5.39. The van der Waals surface area contributed by atoms with E-state index < -0.39 is 17.5 Å². The van der Waals surface area contributed by atoms with Crippen molar-refractivity contribution in [2.75, 3.05) is 11.1 Å². The number of nitrogens with one attached hydrogen (secondary N) is 1. The predicted octanol–water partition coefficient (Wildman–Crippen LogP) is 4.22. The number of nitrogens with two attached hydrogens (primary N) is 1. The fourth-order valence-electron chi connectivity index (χ4n) is 1.52. The van der Waals surface area contributed by atoms with Crippen molar-refractivity contribution in [3.05, 3.63) is 57.0 Å². The molecule has 0 saturated carbocycles. The molecular weight excluding hydrogens is 354 g/mol. The number of hydrogen-bond acceptors (Lipinski definition) is 2. The van der Waals surface area contributed by atoms with Crippen molar-refractivity contribution in [2.24, 2.45) is 0 Å². The summed E-state index contributed by atoms with van der Waals surface area (Å²) < 4.78 is 27.1. The van der Waals surface area contributed by atoms with Crippen molar-refractivity contribution in [1.82, 2.24) is 0 Å². The van der Waals surface area contributed by atoms with Crippen molar-refractivity contribution in [1.29, 1.82) is 0 Å². The van der Waals surface area contributed by atoms with Crippen LogP contribution in [0.4, 0.5) is 20.2 Å². The van der Waals surface area contributed by atoms with Gasteiger partial charge >= 0.3 is 0 Å². The number of anilines is 2. The lowest BCUT2D eigenvalue weighted by molar-refractivity contribution is 0.102. The lowest BCUT2D eigenvalue weighted by Crippen LogP contribution is -2.14. The van der Waals surface area contributed by atoms with Gasteiger partial charge in [-0.05, 0) is 40.2 Å². The molecule has 0 radical (unpaired) electrons. The van der Waals surface area contributed by atoms with Gasteiger partial charge in [-0.25, -0.2) is 8.78 Å². The second-order valence-corrected chi connectivity index (χ2v) is 5.22. The number of rotatable bonds is 2. The molecule has 0 unspecified atom stereocenters. The lowest BCUT2D eigenvalue weighted by Gasteiger charge is -2.09. The van der Waals surface area contributed by atoms with Crippen molar-refractivity contribution in [3.8, 4) is 0 Å². The van der Waals surface area contributed by atoms with Gasteiger partial charge in [0.15, 0.2) is 0 Å². The van der Waals surface area contributed by atoms with Gasteiger partial charge in [-0.1, -0.05) is 11.6 Å². The zero-order chi connectivity index (χ0) is 14.9. The van der Waals surface area contributed by atoms with Crippen molar-refractivity contribution < 1.29 is 13.6 Å². The van der Waals surface area contributed by atoms with Crippen LogP contribution in [0.1, 0.15) is 10.4 Å². The molecule has 2 rings (SSSR count). The number of amides is 1. The fraction of sp³-hybridized carbons (Fsp3) is 0. The van der Waals surface area contributed by atoms with E-state index in [2.05, 4.69) is 21.2 Å². The van der Waals surface area contributed by atoms with Crippen molar-refractivity contribution in [3.63, 3.8) is 0 Å². The Bertz CT molecular complexity index is 694. The highest BCUT2D eigenvalue weighted by Gasteiger charge is 2.14. The number of halogens is 4. The zero-order valence-corrected chi connectivity index (χ0v) is 12.2. The third-order valence-corrected chi connectivity index (χ3v) is 3.43. The predicted molar refractivity (Wildman–Crippen MR) is 77.9 cm³/mol. The first-order chi connectivity index (χ1) is 9.38. The van der Waals surface area contributed by atoms with Crippen LogP contribution in [0.3, 0.4) is 0 Å². The second kappa shape index (κ2) is 5.76. The van der Waals surface area contributed by atoms with E-state index in [0.717, 1.165) is 6.07 Å². The Balaban J connectivity index is 2.32. The first-order valence-corrected chi connectivity index (χ1v) is 6.56. The number of carbonyl (C=O) groups is 1. The third-order valence-electron chi connectivity index (χ3n) is 2.51. The van der Waals surface area contributed by atoms with E-state index in [0.29, 0.717) is 15.6 Å². The molecule has 0 fully saturated rings. The molecule has 0 atom stereocenters. The number of benzene rings is 2. The van der Waals surface area contributed by atoms with Crippen LogP contribution < -0.4 is 11.1 Å². The molecule has 3 nitrogen and oxygen atoms in total. The zero-order valence-electron chi connectivity index (χ0n) is 9.88. The summed E-state index contributed by atoms with van der Waals surface area (Å²) in [6.07, 6.45) is 0. The molecular formula is C13H8BrClF2N2O. The fourth-order valence-corrected chi connectivity index (χ4v) is 2.12. The van der Waals surface area contributed by atoms with E-state index in [1.54, 1.807) is 12.1 Å². The second-order valence-electron chi connectivity index (χ2n) is 3.93. The van der Waals surface area contributed by atoms with Gasteiger partial charge in [-0.15, -0.1) is 0 Å². The molecule has 3 N–H and O–H groups in total. The molecule has 20 heavy (non-hydrogen) atoms. The highest BCUT2D eigenvalue weighted by atomic mass is 79.9.